The Hall–Kier alpha value is -0.130. The van der Waals surface area contributed by atoms with Gasteiger partial charge < -0.3 is 5.32 Å². The Labute approximate surface area is 118 Å². The molecule has 0 amide bonds. The van der Waals surface area contributed by atoms with Crippen molar-refractivity contribution in [1.29, 1.82) is 0 Å². The summed E-state index contributed by atoms with van der Waals surface area (Å²) >= 11 is 0. The lowest BCUT2D eigenvalue weighted by Crippen LogP contribution is -2.63. The van der Waals surface area contributed by atoms with Crippen LogP contribution in [-0.2, 0) is 9.84 Å². The van der Waals surface area contributed by atoms with Crippen LogP contribution in [0.25, 0.3) is 0 Å². The second-order valence-corrected chi connectivity index (χ2v) is 8.95. The van der Waals surface area contributed by atoms with Crippen LogP contribution in [0.4, 0.5) is 0 Å². The number of hydrogen-bond acceptors (Lipinski definition) is 4. The van der Waals surface area contributed by atoms with Crippen molar-refractivity contribution in [2.45, 2.75) is 52.6 Å². The van der Waals surface area contributed by atoms with Crippen LogP contribution in [0.1, 0.15) is 41.0 Å². The SMILES string of the molecule is CCCS(=O)(=O)CCN1CC(C(C)C)NCC1(C)C. The zero-order valence-electron chi connectivity index (χ0n) is 13.1. The molecule has 19 heavy (non-hydrogen) atoms. The highest BCUT2D eigenvalue weighted by molar-refractivity contribution is 7.91. The quantitative estimate of drug-likeness (QED) is 0.806. The molecule has 0 aromatic carbocycles. The van der Waals surface area contributed by atoms with Crippen LogP contribution in [0.3, 0.4) is 0 Å². The van der Waals surface area contributed by atoms with E-state index in [1.807, 2.05) is 6.92 Å². The van der Waals surface area contributed by atoms with Crippen LogP contribution in [0, 0.1) is 5.92 Å². The second-order valence-electron chi connectivity index (χ2n) is 6.64. The summed E-state index contributed by atoms with van der Waals surface area (Å²) in [6, 6.07) is 0.460. The molecule has 1 rings (SSSR count). The fraction of sp³-hybridized carbons (Fsp3) is 1.00. The predicted octanol–water partition coefficient (Wildman–Crippen LogP) is 1.52. The molecular weight excluding hydrogens is 260 g/mol. The van der Waals surface area contributed by atoms with Gasteiger partial charge in [-0.1, -0.05) is 20.8 Å². The van der Waals surface area contributed by atoms with Crippen molar-refractivity contribution in [3.8, 4) is 0 Å². The predicted molar refractivity (Wildman–Crippen MR) is 81.2 cm³/mol. The van der Waals surface area contributed by atoms with E-state index in [4.69, 9.17) is 0 Å². The van der Waals surface area contributed by atoms with Crippen molar-refractivity contribution >= 4 is 9.84 Å². The van der Waals surface area contributed by atoms with Crippen molar-refractivity contribution < 1.29 is 8.42 Å². The molecule has 0 aromatic heterocycles. The molecule has 5 heteroatoms. The number of piperazine rings is 1. The summed E-state index contributed by atoms with van der Waals surface area (Å²) in [5.41, 5.74) is 0.0348. The van der Waals surface area contributed by atoms with E-state index in [-0.39, 0.29) is 11.3 Å². The van der Waals surface area contributed by atoms with Crippen LogP contribution in [0.2, 0.25) is 0 Å². The highest BCUT2D eigenvalue weighted by Gasteiger charge is 2.35. The van der Waals surface area contributed by atoms with Crippen molar-refractivity contribution in [2.24, 2.45) is 5.92 Å². The van der Waals surface area contributed by atoms with Gasteiger partial charge in [-0.25, -0.2) is 8.42 Å². The third-order valence-corrected chi connectivity index (χ3v) is 5.90. The summed E-state index contributed by atoms with van der Waals surface area (Å²) in [5, 5.41) is 3.57. The fourth-order valence-electron chi connectivity index (χ4n) is 2.54. The van der Waals surface area contributed by atoms with Gasteiger partial charge >= 0.3 is 0 Å². The summed E-state index contributed by atoms with van der Waals surface area (Å²) in [4.78, 5) is 2.33. The Morgan fingerprint density at radius 1 is 1.32 bits per heavy atom. The first-order valence-electron chi connectivity index (χ1n) is 7.37. The maximum absolute atomic E-state index is 11.9. The molecule has 1 N–H and O–H groups in total. The van der Waals surface area contributed by atoms with Gasteiger partial charge in [-0.3, -0.25) is 4.90 Å². The van der Waals surface area contributed by atoms with Gasteiger partial charge in [0, 0.05) is 37.0 Å². The molecule has 0 spiro atoms. The molecule has 1 saturated heterocycles. The van der Waals surface area contributed by atoms with Gasteiger partial charge in [0.15, 0.2) is 9.84 Å². The largest absolute Gasteiger partial charge is 0.311 e. The Kier molecular flexibility index (Phi) is 5.83. The number of sulfone groups is 1. The van der Waals surface area contributed by atoms with Crippen LogP contribution in [-0.4, -0.2) is 56.0 Å². The first-order valence-corrected chi connectivity index (χ1v) is 9.19. The molecular formula is C14H30N2O2S. The lowest BCUT2D eigenvalue weighted by Gasteiger charge is -2.47. The van der Waals surface area contributed by atoms with E-state index in [9.17, 15) is 8.42 Å². The van der Waals surface area contributed by atoms with Crippen LogP contribution >= 0.6 is 0 Å². The monoisotopic (exact) mass is 290 g/mol. The molecule has 1 aliphatic rings. The van der Waals surface area contributed by atoms with Gasteiger partial charge in [0.25, 0.3) is 0 Å². The first kappa shape index (κ1) is 16.9. The standard InChI is InChI=1S/C14H30N2O2S/c1-6-8-19(17,18)9-7-16-10-13(12(2)3)15-11-14(16,4)5/h12-13,15H,6-11H2,1-5H3. The van der Waals surface area contributed by atoms with E-state index in [0.29, 0.717) is 30.7 Å². The summed E-state index contributed by atoms with van der Waals surface area (Å²) in [6.07, 6.45) is 0.710. The zero-order valence-corrected chi connectivity index (χ0v) is 13.9. The minimum absolute atomic E-state index is 0.0348. The Morgan fingerprint density at radius 2 is 1.95 bits per heavy atom. The number of hydrogen-bond donors (Lipinski definition) is 1. The topological polar surface area (TPSA) is 49.4 Å². The van der Waals surface area contributed by atoms with Gasteiger partial charge in [-0.2, -0.15) is 0 Å². The Morgan fingerprint density at radius 3 is 2.47 bits per heavy atom. The van der Waals surface area contributed by atoms with Crippen molar-refractivity contribution in [2.75, 3.05) is 31.1 Å². The number of nitrogens with one attached hydrogen (secondary N) is 1. The number of nitrogens with zero attached hydrogens (tertiary/aromatic N) is 1. The lowest BCUT2D eigenvalue weighted by atomic mass is 9.93. The van der Waals surface area contributed by atoms with Crippen LogP contribution in [0.5, 0.6) is 0 Å². The second kappa shape index (κ2) is 6.55. The Bertz CT molecular complexity index is 377. The molecule has 0 saturated carbocycles. The van der Waals surface area contributed by atoms with Crippen molar-refractivity contribution in [3.05, 3.63) is 0 Å². The van der Waals surface area contributed by atoms with Gasteiger partial charge in [0.1, 0.15) is 0 Å². The summed E-state index contributed by atoms with van der Waals surface area (Å²) in [7, 11) is -2.88. The summed E-state index contributed by atoms with van der Waals surface area (Å²) in [5.74, 6) is 1.17. The zero-order chi connectivity index (χ0) is 14.7. The highest BCUT2D eigenvalue weighted by atomic mass is 32.2. The molecule has 1 aliphatic heterocycles. The maximum atomic E-state index is 11.9. The van der Waals surface area contributed by atoms with Gasteiger partial charge in [-0.05, 0) is 26.2 Å². The van der Waals surface area contributed by atoms with E-state index in [2.05, 4.69) is 37.9 Å². The normalized spacial score (nSPS) is 24.8. The minimum Gasteiger partial charge on any atom is -0.311 e. The lowest BCUT2D eigenvalue weighted by molar-refractivity contribution is 0.0606. The fourth-order valence-corrected chi connectivity index (χ4v) is 3.87. The van der Waals surface area contributed by atoms with E-state index < -0.39 is 9.84 Å². The molecule has 1 unspecified atom stereocenters. The van der Waals surface area contributed by atoms with E-state index in [1.165, 1.54) is 0 Å². The van der Waals surface area contributed by atoms with Crippen molar-refractivity contribution in [1.82, 2.24) is 10.2 Å². The highest BCUT2D eigenvalue weighted by Crippen LogP contribution is 2.21. The molecule has 0 radical (unpaired) electrons. The van der Waals surface area contributed by atoms with E-state index >= 15 is 0 Å². The first-order chi connectivity index (χ1) is 8.68. The van der Waals surface area contributed by atoms with E-state index in [1.54, 1.807) is 0 Å². The van der Waals surface area contributed by atoms with Crippen molar-refractivity contribution in [3.63, 3.8) is 0 Å². The molecule has 1 fully saturated rings. The molecule has 1 heterocycles. The van der Waals surface area contributed by atoms with Gasteiger partial charge in [0.05, 0.1) is 5.75 Å². The Balaban J connectivity index is 2.62. The van der Waals surface area contributed by atoms with Gasteiger partial charge in [0.2, 0.25) is 0 Å². The van der Waals surface area contributed by atoms with Crippen LogP contribution < -0.4 is 5.32 Å². The average molecular weight is 290 g/mol. The van der Waals surface area contributed by atoms with Crippen LogP contribution in [0.15, 0.2) is 0 Å². The average Bonchev–Trinajstić information content (AvgIpc) is 2.26. The van der Waals surface area contributed by atoms with E-state index in [0.717, 1.165) is 13.1 Å². The molecule has 114 valence electrons. The third kappa shape index (κ3) is 5.04. The molecule has 4 nitrogen and oxygen atoms in total. The number of rotatable bonds is 6. The maximum Gasteiger partial charge on any atom is 0.151 e. The summed E-state index contributed by atoms with van der Waals surface area (Å²) in [6.45, 7) is 13.2. The van der Waals surface area contributed by atoms with Gasteiger partial charge in [-0.15, -0.1) is 0 Å². The molecule has 0 bridgehead atoms. The molecule has 0 aromatic rings. The summed E-state index contributed by atoms with van der Waals surface area (Å²) < 4.78 is 23.7. The third-order valence-electron chi connectivity index (χ3n) is 4.06. The smallest absolute Gasteiger partial charge is 0.151 e. The molecule has 0 aliphatic carbocycles. The molecule has 1 atom stereocenters. The minimum atomic E-state index is -2.88.